The van der Waals surface area contributed by atoms with Crippen molar-refractivity contribution < 1.29 is 0 Å². The highest BCUT2D eigenvalue weighted by Crippen LogP contribution is 2.37. The molecular weight excluding hydrogens is 361 g/mol. The Morgan fingerprint density at radius 1 is 1.15 bits per heavy atom. The van der Waals surface area contributed by atoms with Gasteiger partial charge in [0.15, 0.2) is 0 Å². The van der Waals surface area contributed by atoms with Crippen molar-refractivity contribution >= 4 is 56.1 Å². The van der Waals surface area contributed by atoms with E-state index in [-0.39, 0.29) is 0 Å². The molecule has 0 fully saturated rings. The summed E-state index contributed by atoms with van der Waals surface area (Å²) in [7, 11) is 0. The minimum atomic E-state index is 0.380. The van der Waals surface area contributed by atoms with Crippen molar-refractivity contribution in [3.63, 3.8) is 0 Å². The summed E-state index contributed by atoms with van der Waals surface area (Å²) in [5.41, 5.74) is 9.60. The van der Waals surface area contributed by atoms with Crippen molar-refractivity contribution in [1.82, 2.24) is 9.55 Å². The molecular formula is C14H10BrCl2N3. The van der Waals surface area contributed by atoms with Gasteiger partial charge < -0.3 is 5.73 Å². The summed E-state index contributed by atoms with van der Waals surface area (Å²) >= 11 is 15.9. The molecule has 3 rings (SSSR count). The second kappa shape index (κ2) is 4.95. The van der Waals surface area contributed by atoms with Gasteiger partial charge in [-0.1, -0.05) is 29.3 Å². The third-order valence-electron chi connectivity index (χ3n) is 3.09. The number of nitrogens with two attached hydrogens (primary N) is 1. The number of aromatic nitrogens is 2. The largest absolute Gasteiger partial charge is 0.369 e. The van der Waals surface area contributed by atoms with Gasteiger partial charge >= 0.3 is 0 Å². The van der Waals surface area contributed by atoms with Crippen LogP contribution in [0.5, 0.6) is 0 Å². The number of aryl methyl sites for hydroxylation is 1. The smallest absolute Gasteiger partial charge is 0.205 e. The van der Waals surface area contributed by atoms with E-state index in [1.54, 1.807) is 4.57 Å². The topological polar surface area (TPSA) is 43.8 Å². The predicted molar refractivity (Wildman–Crippen MR) is 87.9 cm³/mol. The molecule has 0 amide bonds. The molecule has 3 aromatic rings. The Hall–Kier alpha value is -1.23. The number of halogens is 3. The summed E-state index contributed by atoms with van der Waals surface area (Å²) < 4.78 is 2.54. The summed E-state index contributed by atoms with van der Waals surface area (Å²) in [6, 6.07) is 9.66. The highest BCUT2D eigenvalue weighted by molar-refractivity contribution is 9.10. The van der Waals surface area contributed by atoms with Gasteiger partial charge in [-0.25, -0.2) is 4.98 Å². The molecule has 1 aromatic heterocycles. The van der Waals surface area contributed by atoms with Crippen molar-refractivity contribution in [2.45, 2.75) is 6.92 Å². The Morgan fingerprint density at radius 3 is 2.65 bits per heavy atom. The lowest BCUT2D eigenvalue weighted by atomic mass is 10.2. The van der Waals surface area contributed by atoms with Crippen molar-refractivity contribution in [3.05, 3.63) is 50.4 Å². The van der Waals surface area contributed by atoms with Crippen LogP contribution in [0.15, 0.2) is 34.8 Å². The molecule has 0 saturated heterocycles. The quantitative estimate of drug-likeness (QED) is 0.613. The summed E-state index contributed by atoms with van der Waals surface area (Å²) in [4.78, 5) is 4.37. The van der Waals surface area contributed by atoms with E-state index in [4.69, 9.17) is 28.9 Å². The molecule has 6 heteroatoms. The lowest BCUT2D eigenvalue weighted by Gasteiger charge is -2.11. The maximum atomic E-state index is 6.33. The van der Waals surface area contributed by atoms with Gasteiger partial charge in [0.05, 0.1) is 26.8 Å². The van der Waals surface area contributed by atoms with E-state index >= 15 is 0 Å². The first-order valence-electron chi connectivity index (χ1n) is 5.87. The molecule has 2 aromatic carbocycles. The minimum Gasteiger partial charge on any atom is -0.369 e. The van der Waals surface area contributed by atoms with Crippen molar-refractivity contribution in [2.24, 2.45) is 0 Å². The van der Waals surface area contributed by atoms with Crippen LogP contribution in [0.3, 0.4) is 0 Å². The van der Waals surface area contributed by atoms with Crippen LogP contribution >= 0.6 is 39.1 Å². The molecule has 0 spiro atoms. The Bertz CT molecular complexity index is 827. The van der Waals surface area contributed by atoms with Gasteiger partial charge in [-0.15, -0.1) is 0 Å². The molecule has 0 aliphatic heterocycles. The van der Waals surface area contributed by atoms with Crippen LogP contribution in [-0.4, -0.2) is 9.55 Å². The Kier molecular flexibility index (Phi) is 3.40. The van der Waals surface area contributed by atoms with Gasteiger partial charge in [-0.2, -0.15) is 0 Å². The lowest BCUT2D eigenvalue weighted by molar-refractivity contribution is 1.11. The Morgan fingerprint density at radius 2 is 1.90 bits per heavy atom. The monoisotopic (exact) mass is 369 g/mol. The van der Waals surface area contributed by atoms with Crippen LogP contribution in [0.4, 0.5) is 5.95 Å². The molecule has 0 atom stereocenters. The molecule has 2 N–H and O–H groups in total. The fraction of sp³-hybridized carbons (Fsp3) is 0.0714. The van der Waals surface area contributed by atoms with Crippen LogP contribution in [0.1, 0.15) is 5.56 Å². The number of anilines is 1. The predicted octanol–water partition coefficient (Wildman–Crippen LogP) is 4.99. The first kappa shape index (κ1) is 13.7. The number of rotatable bonds is 1. The van der Waals surface area contributed by atoms with E-state index in [9.17, 15) is 0 Å². The van der Waals surface area contributed by atoms with Crippen LogP contribution < -0.4 is 5.73 Å². The fourth-order valence-electron chi connectivity index (χ4n) is 2.15. The number of benzene rings is 2. The number of hydrogen-bond acceptors (Lipinski definition) is 2. The average Bonchev–Trinajstić information content (AvgIpc) is 2.72. The van der Waals surface area contributed by atoms with Crippen LogP contribution in [0.2, 0.25) is 10.0 Å². The normalized spacial score (nSPS) is 11.2. The van der Waals surface area contributed by atoms with E-state index in [2.05, 4.69) is 20.9 Å². The van der Waals surface area contributed by atoms with E-state index in [1.807, 2.05) is 37.3 Å². The number of nitrogens with zero attached hydrogens (tertiary/aromatic N) is 2. The lowest BCUT2D eigenvalue weighted by Crippen LogP contribution is -2.01. The second-order valence-electron chi connectivity index (χ2n) is 4.49. The highest BCUT2D eigenvalue weighted by Gasteiger charge is 2.15. The van der Waals surface area contributed by atoms with E-state index in [0.717, 1.165) is 21.1 Å². The fourth-order valence-corrected chi connectivity index (χ4v) is 3.00. The second-order valence-corrected chi connectivity index (χ2v) is 6.10. The number of hydrogen-bond donors (Lipinski definition) is 1. The molecule has 3 nitrogen and oxygen atoms in total. The van der Waals surface area contributed by atoms with Gasteiger partial charge in [-0.05, 0) is 52.7 Å². The first-order chi connectivity index (χ1) is 9.49. The molecule has 0 saturated carbocycles. The van der Waals surface area contributed by atoms with Gasteiger partial charge in [0, 0.05) is 4.47 Å². The summed E-state index contributed by atoms with van der Waals surface area (Å²) in [5, 5.41) is 0.894. The Labute approximate surface area is 134 Å². The molecule has 0 unspecified atom stereocenters. The molecule has 102 valence electrons. The Balaban J connectivity index is 2.35. The van der Waals surface area contributed by atoms with Crippen molar-refractivity contribution in [1.29, 1.82) is 0 Å². The van der Waals surface area contributed by atoms with E-state index < -0.39 is 0 Å². The van der Waals surface area contributed by atoms with Crippen molar-refractivity contribution in [2.75, 3.05) is 5.73 Å². The maximum Gasteiger partial charge on any atom is 0.205 e. The molecule has 1 heterocycles. The summed E-state index contributed by atoms with van der Waals surface area (Å²) in [6.45, 7) is 2.01. The first-order valence-corrected chi connectivity index (χ1v) is 7.42. The highest BCUT2D eigenvalue weighted by atomic mass is 79.9. The molecule has 20 heavy (non-hydrogen) atoms. The van der Waals surface area contributed by atoms with Gasteiger partial charge in [-0.3, -0.25) is 4.57 Å². The van der Waals surface area contributed by atoms with E-state index in [0.29, 0.717) is 21.7 Å². The zero-order valence-corrected chi connectivity index (χ0v) is 13.6. The maximum absolute atomic E-state index is 6.33. The van der Waals surface area contributed by atoms with Crippen LogP contribution in [-0.2, 0) is 0 Å². The van der Waals surface area contributed by atoms with Crippen LogP contribution in [0.25, 0.3) is 16.7 Å². The zero-order valence-electron chi connectivity index (χ0n) is 10.5. The third kappa shape index (κ3) is 2.08. The van der Waals surface area contributed by atoms with Gasteiger partial charge in [0.1, 0.15) is 0 Å². The SMILES string of the molecule is Cc1ccc2c(c1)nc(N)n2-c1ccc(Br)c(Cl)c1Cl. The number of fused-ring (bicyclic) bond motifs is 1. The van der Waals surface area contributed by atoms with Gasteiger partial charge in [0.25, 0.3) is 0 Å². The molecule has 0 aliphatic rings. The van der Waals surface area contributed by atoms with Crippen molar-refractivity contribution in [3.8, 4) is 5.69 Å². The average molecular weight is 371 g/mol. The molecule has 0 aliphatic carbocycles. The molecule has 0 bridgehead atoms. The van der Waals surface area contributed by atoms with Gasteiger partial charge in [0.2, 0.25) is 5.95 Å². The standard InChI is InChI=1S/C14H10BrCl2N3/c1-7-2-4-10-9(6-7)19-14(18)20(10)11-5-3-8(15)12(16)13(11)17/h2-6H,1H3,(H2,18,19). The number of nitrogen functional groups attached to an aromatic ring is 1. The summed E-state index contributed by atoms with van der Waals surface area (Å²) in [5.74, 6) is 0.380. The summed E-state index contributed by atoms with van der Waals surface area (Å²) in [6.07, 6.45) is 0. The van der Waals surface area contributed by atoms with E-state index in [1.165, 1.54) is 0 Å². The van der Waals surface area contributed by atoms with Crippen LogP contribution in [0, 0.1) is 6.92 Å². The number of imidazole rings is 1. The third-order valence-corrected chi connectivity index (χ3v) is 4.85. The molecule has 0 radical (unpaired) electrons. The minimum absolute atomic E-state index is 0.380. The zero-order chi connectivity index (χ0) is 14.4.